The molecule has 1 aliphatic heterocycles. The van der Waals surface area contributed by atoms with E-state index in [4.69, 9.17) is 14.2 Å². The molecule has 1 aromatic carbocycles. The first-order valence-corrected chi connectivity index (χ1v) is 9.78. The molecule has 3 atom stereocenters. The Morgan fingerprint density at radius 3 is 2.80 bits per heavy atom. The molecule has 0 radical (unpaired) electrons. The molecule has 3 unspecified atom stereocenters. The van der Waals surface area contributed by atoms with Crippen LogP contribution in [0.4, 0.5) is 0 Å². The molecule has 0 N–H and O–H groups in total. The van der Waals surface area contributed by atoms with Crippen LogP contribution in [0.25, 0.3) is 0 Å². The van der Waals surface area contributed by atoms with E-state index in [9.17, 15) is 0 Å². The Morgan fingerprint density at radius 1 is 1.16 bits per heavy atom. The van der Waals surface area contributed by atoms with Gasteiger partial charge in [0.05, 0.1) is 20.3 Å². The maximum Gasteiger partial charge on any atom is 0.172 e. The topological polar surface area (TPSA) is 27.7 Å². The molecule has 1 aromatic rings. The molecule has 25 heavy (non-hydrogen) atoms. The van der Waals surface area contributed by atoms with Crippen molar-refractivity contribution in [2.24, 2.45) is 11.3 Å². The summed E-state index contributed by atoms with van der Waals surface area (Å²) < 4.78 is 17.7. The molecule has 0 aromatic heterocycles. The lowest BCUT2D eigenvalue weighted by molar-refractivity contribution is -0.181. The van der Waals surface area contributed by atoms with Gasteiger partial charge in [-0.1, -0.05) is 30.7 Å². The number of hydrogen-bond acceptors (Lipinski definition) is 3. The van der Waals surface area contributed by atoms with Gasteiger partial charge < -0.3 is 14.2 Å². The minimum absolute atomic E-state index is 0.296. The van der Waals surface area contributed by atoms with Gasteiger partial charge in [-0.2, -0.15) is 0 Å². The van der Waals surface area contributed by atoms with Gasteiger partial charge in [0.15, 0.2) is 5.79 Å². The van der Waals surface area contributed by atoms with Gasteiger partial charge in [0.2, 0.25) is 0 Å². The minimum atomic E-state index is -0.312. The van der Waals surface area contributed by atoms with E-state index in [2.05, 4.69) is 31.2 Å². The standard InChI is InChI=1S/C22H28O3/c1-21-10-11-22(24-12-13-25-22)14-15(21)6-7-17-16-4-3-5-20(23-2)18(16)8-9-19(17)21/h3-6,17,19H,7-14H2,1-2H3. The Labute approximate surface area is 150 Å². The van der Waals surface area contributed by atoms with Crippen molar-refractivity contribution in [1.29, 1.82) is 0 Å². The van der Waals surface area contributed by atoms with Crippen molar-refractivity contribution in [3.05, 3.63) is 41.0 Å². The summed E-state index contributed by atoms with van der Waals surface area (Å²) in [5.74, 6) is 2.12. The Balaban J connectivity index is 1.51. The molecule has 3 heteroatoms. The number of hydrogen-bond donors (Lipinski definition) is 0. The highest BCUT2D eigenvalue weighted by Gasteiger charge is 2.53. The Kier molecular flexibility index (Phi) is 3.55. The molecular formula is C22H28O3. The molecule has 1 spiro atoms. The number of methoxy groups -OCH3 is 1. The highest BCUT2D eigenvalue weighted by molar-refractivity contribution is 5.46. The minimum Gasteiger partial charge on any atom is -0.496 e. The molecule has 1 heterocycles. The fourth-order valence-electron chi connectivity index (χ4n) is 6.09. The smallest absolute Gasteiger partial charge is 0.172 e. The molecular weight excluding hydrogens is 312 g/mol. The summed E-state index contributed by atoms with van der Waals surface area (Å²) in [5.41, 5.74) is 4.86. The molecule has 3 aliphatic carbocycles. The average Bonchev–Trinajstić information content (AvgIpc) is 3.10. The largest absolute Gasteiger partial charge is 0.496 e. The SMILES string of the molecule is COc1cccc2c1CCC1C2CC=C2CC3(CCC21C)OCCO3. The molecule has 3 nitrogen and oxygen atoms in total. The summed E-state index contributed by atoms with van der Waals surface area (Å²) in [5, 5.41) is 0. The van der Waals surface area contributed by atoms with Gasteiger partial charge >= 0.3 is 0 Å². The maximum atomic E-state index is 6.02. The van der Waals surface area contributed by atoms with Crippen LogP contribution in [0, 0.1) is 11.3 Å². The number of ether oxygens (including phenoxy) is 3. The van der Waals surface area contributed by atoms with Crippen LogP contribution in [0.1, 0.15) is 56.1 Å². The summed E-state index contributed by atoms with van der Waals surface area (Å²) in [6.45, 7) is 4.01. The lowest BCUT2D eigenvalue weighted by atomic mass is 9.52. The molecule has 5 rings (SSSR count). The zero-order chi connectivity index (χ0) is 17.1. The fourth-order valence-corrected chi connectivity index (χ4v) is 6.09. The predicted octanol–water partition coefficient (Wildman–Crippen LogP) is 4.60. The molecule has 134 valence electrons. The monoisotopic (exact) mass is 340 g/mol. The van der Waals surface area contributed by atoms with Crippen molar-refractivity contribution >= 4 is 0 Å². The fraction of sp³-hybridized carbons (Fsp3) is 0.636. The summed E-state index contributed by atoms with van der Waals surface area (Å²) in [4.78, 5) is 0. The molecule has 2 fully saturated rings. The summed E-state index contributed by atoms with van der Waals surface area (Å²) in [7, 11) is 1.80. The van der Waals surface area contributed by atoms with Gasteiger partial charge in [0.1, 0.15) is 5.75 Å². The van der Waals surface area contributed by atoms with E-state index in [1.54, 1.807) is 12.7 Å². The zero-order valence-corrected chi connectivity index (χ0v) is 15.3. The lowest BCUT2D eigenvalue weighted by Crippen LogP contribution is -2.47. The second-order valence-electron chi connectivity index (χ2n) is 8.45. The first-order valence-electron chi connectivity index (χ1n) is 9.78. The summed E-state index contributed by atoms with van der Waals surface area (Å²) >= 11 is 0. The van der Waals surface area contributed by atoms with Crippen molar-refractivity contribution in [1.82, 2.24) is 0 Å². The van der Waals surface area contributed by atoms with Crippen LogP contribution in [0.5, 0.6) is 5.75 Å². The second-order valence-corrected chi connectivity index (χ2v) is 8.45. The quantitative estimate of drug-likeness (QED) is 0.699. The molecule has 0 amide bonds. The van der Waals surface area contributed by atoms with Crippen molar-refractivity contribution in [3.63, 3.8) is 0 Å². The van der Waals surface area contributed by atoms with Crippen molar-refractivity contribution < 1.29 is 14.2 Å². The molecule has 1 saturated carbocycles. The summed E-state index contributed by atoms with van der Waals surface area (Å²) in [6, 6.07) is 6.62. The van der Waals surface area contributed by atoms with Gasteiger partial charge in [0.25, 0.3) is 0 Å². The first-order chi connectivity index (χ1) is 12.2. The highest BCUT2D eigenvalue weighted by atomic mass is 16.7. The predicted molar refractivity (Wildman–Crippen MR) is 96.8 cm³/mol. The van der Waals surface area contributed by atoms with Crippen LogP contribution >= 0.6 is 0 Å². The van der Waals surface area contributed by atoms with E-state index in [1.165, 1.54) is 24.0 Å². The third-order valence-electron chi connectivity index (χ3n) is 7.45. The third kappa shape index (κ3) is 2.25. The van der Waals surface area contributed by atoms with E-state index in [0.29, 0.717) is 11.3 Å². The highest BCUT2D eigenvalue weighted by Crippen LogP contribution is 2.61. The van der Waals surface area contributed by atoms with Gasteiger partial charge in [0, 0.05) is 12.8 Å². The maximum absolute atomic E-state index is 6.02. The lowest BCUT2D eigenvalue weighted by Gasteiger charge is -2.54. The Bertz CT molecular complexity index is 716. The first kappa shape index (κ1) is 15.9. The number of fused-ring (bicyclic) bond motifs is 5. The zero-order valence-electron chi connectivity index (χ0n) is 15.3. The van der Waals surface area contributed by atoms with E-state index in [0.717, 1.165) is 50.6 Å². The van der Waals surface area contributed by atoms with Crippen molar-refractivity contribution in [3.8, 4) is 5.75 Å². The number of rotatable bonds is 1. The Morgan fingerprint density at radius 2 is 2.00 bits per heavy atom. The van der Waals surface area contributed by atoms with Crippen molar-refractivity contribution in [2.45, 2.75) is 57.2 Å². The van der Waals surface area contributed by atoms with Crippen LogP contribution in [0.2, 0.25) is 0 Å². The van der Waals surface area contributed by atoms with E-state index in [-0.39, 0.29) is 5.79 Å². The number of benzene rings is 1. The van der Waals surface area contributed by atoms with Crippen LogP contribution in [0.3, 0.4) is 0 Å². The van der Waals surface area contributed by atoms with Crippen LogP contribution < -0.4 is 4.74 Å². The summed E-state index contributed by atoms with van der Waals surface area (Å²) in [6.07, 6.45) is 9.25. The number of allylic oxidation sites excluding steroid dienone is 1. The van der Waals surface area contributed by atoms with E-state index in [1.807, 2.05) is 0 Å². The van der Waals surface area contributed by atoms with Crippen LogP contribution in [0.15, 0.2) is 29.8 Å². The second kappa shape index (κ2) is 5.59. The third-order valence-corrected chi connectivity index (χ3v) is 7.45. The van der Waals surface area contributed by atoms with E-state index < -0.39 is 0 Å². The van der Waals surface area contributed by atoms with Gasteiger partial charge in [-0.15, -0.1) is 0 Å². The average molecular weight is 340 g/mol. The molecule has 4 aliphatic rings. The van der Waals surface area contributed by atoms with Gasteiger partial charge in [-0.3, -0.25) is 0 Å². The van der Waals surface area contributed by atoms with Crippen molar-refractivity contribution in [2.75, 3.05) is 20.3 Å². The van der Waals surface area contributed by atoms with Gasteiger partial charge in [-0.25, -0.2) is 0 Å². The Hall–Kier alpha value is -1.32. The normalized spacial score (nSPS) is 35.5. The molecule has 1 saturated heterocycles. The van der Waals surface area contributed by atoms with E-state index >= 15 is 0 Å². The molecule has 0 bridgehead atoms. The van der Waals surface area contributed by atoms with Crippen LogP contribution in [-0.2, 0) is 15.9 Å². The van der Waals surface area contributed by atoms with Crippen LogP contribution in [-0.4, -0.2) is 26.1 Å². The van der Waals surface area contributed by atoms with Gasteiger partial charge in [-0.05, 0) is 60.1 Å².